The minimum Gasteiger partial charge on any atom is -0.226 e. The zero-order valence-corrected chi connectivity index (χ0v) is 2.42. The molecular formula is CH2N2O2. The van der Waals surface area contributed by atoms with Crippen LogP contribution in [0.4, 0.5) is 0 Å². The van der Waals surface area contributed by atoms with Gasteiger partial charge in [-0.15, -0.1) is 10.1 Å². The Hall–Kier alpha value is -0.640. The average Bonchev–Trinajstić information content (AvgIpc) is 2.12. The number of nitroso groups, excluding NO2 is 1. The fourth-order valence-corrected chi connectivity index (χ4v) is 0.0730. The maximum absolute atomic E-state index is 9.12. The summed E-state index contributed by atoms with van der Waals surface area (Å²) in [5, 5.41) is 3.31. The van der Waals surface area contributed by atoms with Crippen molar-refractivity contribution in [2.75, 3.05) is 6.73 Å². The lowest BCUT2D eigenvalue weighted by atomic mass is 11.5. The normalized spacial score (nSPS) is 18.8. The summed E-state index contributed by atoms with van der Waals surface area (Å²) >= 11 is 0. The third-order valence-electron chi connectivity index (χ3n) is 0.336. The number of hydrogen-bond acceptors (Lipinski definition) is 3. The molecule has 0 aromatic carbocycles. The third kappa shape index (κ3) is 0.327. The number of rotatable bonds is 1. The van der Waals surface area contributed by atoms with Crippen LogP contribution < -0.4 is 0 Å². The van der Waals surface area contributed by atoms with E-state index < -0.39 is 0 Å². The van der Waals surface area contributed by atoms with Crippen LogP contribution in [0.1, 0.15) is 0 Å². The van der Waals surface area contributed by atoms with Crippen LogP contribution in [-0.2, 0) is 4.84 Å². The molecule has 0 amide bonds. The van der Waals surface area contributed by atoms with Gasteiger partial charge in [0.15, 0.2) is 6.73 Å². The first kappa shape index (κ1) is 2.59. The largest absolute Gasteiger partial charge is 0.226 e. The highest BCUT2D eigenvalue weighted by atomic mass is 16.9. The molecule has 4 nitrogen and oxygen atoms in total. The van der Waals surface area contributed by atoms with Gasteiger partial charge in [0, 0.05) is 0 Å². The Labute approximate surface area is 28.2 Å². The Bertz CT molecular complexity index is 49.6. The molecule has 0 aromatic rings. The van der Waals surface area contributed by atoms with E-state index in [4.69, 9.17) is 4.91 Å². The van der Waals surface area contributed by atoms with Gasteiger partial charge in [0.1, 0.15) is 0 Å². The number of hydroxylamine groups is 1. The van der Waals surface area contributed by atoms with E-state index in [1.54, 1.807) is 0 Å². The van der Waals surface area contributed by atoms with E-state index in [2.05, 4.69) is 10.1 Å². The lowest BCUT2D eigenvalue weighted by Gasteiger charge is -1.62. The highest BCUT2D eigenvalue weighted by Crippen LogP contribution is 2.03. The second-order valence-corrected chi connectivity index (χ2v) is 0.692. The molecule has 4 heteroatoms. The molecule has 0 aliphatic carbocycles. The smallest absolute Gasteiger partial charge is 0.195 e. The zero-order chi connectivity index (χ0) is 3.70. The van der Waals surface area contributed by atoms with E-state index in [-0.39, 0.29) is 0 Å². The molecule has 0 saturated carbocycles. The first-order chi connectivity index (χ1) is 2.43. The quantitative estimate of drug-likeness (QED) is 0.321. The summed E-state index contributed by atoms with van der Waals surface area (Å²) in [6.07, 6.45) is 0. The van der Waals surface area contributed by atoms with Crippen LogP contribution in [0.3, 0.4) is 0 Å². The Morgan fingerprint density at radius 1 is 2.00 bits per heavy atom. The van der Waals surface area contributed by atoms with Gasteiger partial charge in [-0.2, -0.15) is 0 Å². The fraction of sp³-hybridized carbons (Fsp3) is 1.00. The molecule has 0 spiro atoms. The standard InChI is InChI=1S/CH2N2O2/c4-2-3-1-5-3/h1H2. The molecule has 1 saturated heterocycles. The topological polar surface area (TPSA) is 45.0 Å². The third-order valence-corrected chi connectivity index (χ3v) is 0.336. The van der Waals surface area contributed by atoms with Crippen molar-refractivity contribution in [2.45, 2.75) is 0 Å². The molecule has 1 rings (SSSR count). The summed E-state index contributed by atoms with van der Waals surface area (Å²) in [4.78, 5) is 13.3. The van der Waals surface area contributed by atoms with Crippen LogP contribution in [0, 0.1) is 4.91 Å². The maximum atomic E-state index is 9.12. The van der Waals surface area contributed by atoms with E-state index in [1.807, 2.05) is 0 Å². The highest BCUT2D eigenvalue weighted by molar-refractivity contribution is 4.30. The first-order valence-corrected chi connectivity index (χ1v) is 1.17. The molecule has 1 heterocycles. The van der Waals surface area contributed by atoms with Crippen molar-refractivity contribution in [3.8, 4) is 0 Å². The van der Waals surface area contributed by atoms with Crippen molar-refractivity contribution in [1.29, 1.82) is 0 Å². The lowest BCUT2D eigenvalue weighted by molar-refractivity contribution is 0.205. The van der Waals surface area contributed by atoms with Crippen molar-refractivity contribution in [2.24, 2.45) is 5.29 Å². The molecule has 1 aliphatic heterocycles. The maximum Gasteiger partial charge on any atom is 0.195 e. The van der Waals surface area contributed by atoms with Gasteiger partial charge in [-0.05, 0) is 0 Å². The SMILES string of the molecule is O=NN1CO1. The van der Waals surface area contributed by atoms with E-state index in [0.717, 1.165) is 5.17 Å². The molecule has 28 valence electrons. The first-order valence-electron chi connectivity index (χ1n) is 1.17. The molecule has 1 fully saturated rings. The van der Waals surface area contributed by atoms with Gasteiger partial charge in [0.25, 0.3) is 0 Å². The Morgan fingerprint density at radius 3 is 2.60 bits per heavy atom. The van der Waals surface area contributed by atoms with Gasteiger partial charge < -0.3 is 0 Å². The van der Waals surface area contributed by atoms with Crippen LogP contribution in [0.15, 0.2) is 5.29 Å². The van der Waals surface area contributed by atoms with Crippen LogP contribution in [0.25, 0.3) is 0 Å². The second-order valence-electron chi connectivity index (χ2n) is 0.692. The van der Waals surface area contributed by atoms with Crippen LogP contribution in [0.5, 0.6) is 0 Å². The van der Waals surface area contributed by atoms with E-state index in [1.165, 1.54) is 0 Å². The molecule has 5 heavy (non-hydrogen) atoms. The predicted octanol–water partition coefficient (Wildman–Crippen LogP) is -0.127. The predicted molar refractivity (Wildman–Crippen MR) is 13.6 cm³/mol. The molecular weight excluding hydrogens is 72.0 g/mol. The average molecular weight is 74.0 g/mol. The van der Waals surface area contributed by atoms with Gasteiger partial charge in [0.05, 0.1) is 5.29 Å². The molecule has 1 aliphatic rings. The minimum absolute atomic E-state index is 0.365. The molecule has 0 aromatic heterocycles. The fourth-order valence-electron chi connectivity index (χ4n) is 0.0730. The van der Waals surface area contributed by atoms with Crippen molar-refractivity contribution in [3.63, 3.8) is 0 Å². The van der Waals surface area contributed by atoms with Crippen molar-refractivity contribution < 1.29 is 4.84 Å². The van der Waals surface area contributed by atoms with Crippen molar-refractivity contribution in [1.82, 2.24) is 5.17 Å². The summed E-state index contributed by atoms with van der Waals surface area (Å²) in [5.74, 6) is 0. The summed E-state index contributed by atoms with van der Waals surface area (Å²) in [5.41, 5.74) is 0. The molecule has 0 bridgehead atoms. The molecule has 0 radical (unpaired) electrons. The van der Waals surface area contributed by atoms with Crippen LogP contribution in [0.2, 0.25) is 0 Å². The number of hydrogen-bond donors (Lipinski definition) is 0. The molecule has 0 unspecified atom stereocenters. The van der Waals surface area contributed by atoms with E-state index in [9.17, 15) is 0 Å². The van der Waals surface area contributed by atoms with Gasteiger partial charge >= 0.3 is 0 Å². The van der Waals surface area contributed by atoms with Gasteiger partial charge in [-0.25, -0.2) is 4.84 Å². The van der Waals surface area contributed by atoms with Crippen LogP contribution >= 0.6 is 0 Å². The van der Waals surface area contributed by atoms with Gasteiger partial charge in [0.2, 0.25) is 0 Å². The van der Waals surface area contributed by atoms with Crippen LogP contribution in [-0.4, -0.2) is 11.9 Å². The van der Waals surface area contributed by atoms with Crippen molar-refractivity contribution in [3.05, 3.63) is 4.91 Å². The van der Waals surface area contributed by atoms with Gasteiger partial charge in [-0.1, -0.05) is 0 Å². The number of nitrogens with zero attached hydrogens (tertiary/aromatic N) is 2. The Kier molecular flexibility index (Phi) is 0.337. The summed E-state index contributed by atoms with van der Waals surface area (Å²) in [6.45, 7) is 0.365. The van der Waals surface area contributed by atoms with E-state index >= 15 is 0 Å². The Morgan fingerprint density at radius 2 is 2.60 bits per heavy atom. The second kappa shape index (κ2) is 0.651. The van der Waals surface area contributed by atoms with E-state index in [0.29, 0.717) is 6.73 Å². The minimum atomic E-state index is 0.365. The summed E-state index contributed by atoms with van der Waals surface area (Å²) < 4.78 is 0. The molecule has 0 atom stereocenters. The van der Waals surface area contributed by atoms with Crippen molar-refractivity contribution >= 4 is 0 Å². The summed E-state index contributed by atoms with van der Waals surface area (Å²) in [6, 6.07) is 0. The lowest BCUT2D eigenvalue weighted by Crippen LogP contribution is -1.72. The zero-order valence-electron chi connectivity index (χ0n) is 2.42. The summed E-state index contributed by atoms with van der Waals surface area (Å²) in [7, 11) is 0. The Balaban J connectivity index is 2.21. The monoisotopic (exact) mass is 74.0 g/mol. The molecule has 0 N–H and O–H groups in total. The highest BCUT2D eigenvalue weighted by Gasteiger charge is 2.16. The van der Waals surface area contributed by atoms with Gasteiger partial charge in [-0.3, -0.25) is 0 Å².